The zero-order chi connectivity index (χ0) is 30.0. The van der Waals surface area contributed by atoms with Crippen LogP contribution < -0.4 is 0 Å². The average Bonchev–Trinajstić information content (AvgIpc) is 2.91. The molecule has 2 nitrogen and oxygen atoms in total. The zero-order valence-electron chi connectivity index (χ0n) is 27.8. The molecule has 0 aliphatic heterocycles. The summed E-state index contributed by atoms with van der Waals surface area (Å²) in [5.74, 6) is 3.07. The number of allylic oxidation sites excluding steroid dienone is 5. The van der Waals surface area contributed by atoms with E-state index in [1.807, 2.05) is 0 Å². The predicted octanol–water partition coefficient (Wildman–Crippen LogP) is 10.1. The standard InChI is InChI=1S/C38H60O2/c1-12-34(33(11)35(13-2)22-39)20-37-21-38(31(9)18-30(37)8)24-40-23-32(10)27(5)17-26(4)28(6)19-36-15-14-25(3)16-29(36)7/h12,14-16,21,26-28,30,32,39H,13,17-20,22-24H2,1-11H3/b34-12-,35-33+. The highest BCUT2D eigenvalue weighted by Crippen LogP contribution is 2.35. The Balaban J connectivity index is 1.93. The van der Waals surface area contributed by atoms with Crippen molar-refractivity contribution in [1.82, 2.24) is 0 Å². The van der Waals surface area contributed by atoms with Crippen molar-refractivity contribution in [2.75, 3.05) is 19.8 Å². The topological polar surface area (TPSA) is 29.5 Å². The maximum Gasteiger partial charge on any atom is 0.0716 e. The SMILES string of the molecule is C/C=C(CC1=CC(COCC(C)C(C)CC(C)C(C)Cc2ccc(C)cc2C)=C(C)CC1C)\C(C)=C(/CC)CO. The Kier molecular flexibility index (Phi) is 14.2. The summed E-state index contributed by atoms with van der Waals surface area (Å²) in [6.45, 7) is 26.7. The molecule has 1 aliphatic rings. The summed E-state index contributed by atoms with van der Waals surface area (Å²) in [7, 11) is 0. The molecule has 224 valence electrons. The highest BCUT2D eigenvalue weighted by atomic mass is 16.5. The fourth-order valence-electron chi connectivity index (χ4n) is 6.19. The van der Waals surface area contributed by atoms with Crippen molar-refractivity contribution in [1.29, 1.82) is 0 Å². The van der Waals surface area contributed by atoms with E-state index >= 15 is 0 Å². The summed E-state index contributed by atoms with van der Waals surface area (Å²) in [5.41, 5.74) is 12.3. The Labute approximate surface area is 247 Å². The van der Waals surface area contributed by atoms with Crippen LogP contribution in [-0.2, 0) is 11.2 Å². The lowest BCUT2D eigenvalue weighted by Crippen LogP contribution is -2.21. The van der Waals surface area contributed by atoms with Gasteiger partial charge in [-0.2, -0.15) is 0 Å². The molecule has 0 aromatic heterocycles. The van der Waals surface area contributed by atoms with Crippen LogP contribution in [0.25, 0.3) is 0 Å². The number of benzene rings is 1. The second kappa shape index (κ2) is 16.5. The first-order valence-electron chi connectivity index (χ1n) is 15.9. The molecule has 1 aliphatic carbocycles. The highest BCUT2D eigenvalue weighted by Gasteiger charge is 2.22. The molecule has 0 radical (unpaired) electrons. The average molecular weight is 549 g/mol. The van der Waals surface area contributed by atoms with E-state index in [4.69, 9.17) is 4.74 Å². The third-order valence-electron chi connectivity index (χ3n) is 9.89. The molecular formula is C38H60O2. The van der Waals surface area contributed by atoms with E-state index in [9.17, 15) is 5.11 Å². The van der Waals surface area contributed by atoms with Crippen LogP contribution in [0.4, 0.5) is 0 Å². The molecule has 0 fully saturated rings. The van der Waals surface area contributed by atoms with Crippen LogP contribution in [0.3, 0.4) is 0 Å². The molecule has 1 aromatic rings. The molecular weight excluding hydrogens is 488 g/mol. The van der Waals surface area contributed by atoms with Crippen molar-refractivity contribution < 1.29 is 9.84 Å². The second-order valence-electron chi connectivity index (χ2n) is 13.2. The first-order valence-corrected chi connectivity index (χ1v) is 15.9. The van der Waals surface area contributed by atoms with Gasteiger partial charge < -0.3 is 9.84 Å². The quantitative estimate of drug-likeness (QED) is 0.221. The minimum absolute atomic E-state index is 0.146. The Morgan fingerprint density at radius 2 is 1.73 bits per heavy atom. The van der Waals surface area contributed by atoms with Crippen molar-refractivity contribution >= 4 is 0 Å². The maximum absolute atomic E-state index is 9.79. The molecule has 40 heavy (non-hydrogen) atoms. The summed E-state index contributed by atoms with van der Waals surface area (Å²) in [6.07, 6.45) is 10.00. The maximum atomic E-state index is 9.79. The van der Waals surface area contributed by atoms with E-state index in [1.165, 1.54) is 51.0 Å². The van der Waals surface area contributed by atoms with E-state index in [2.05, 4.69) is 107 Å². The van der Waals surface area contributed by atoms with Crippen LogP contribution in [0, 0.1) is 43.4 Å². The lowest BCUT2D eigenvalue weighted by molar-refractivity contribution is 0.0950. The van der Waals surface area contributed by atoms with Gasteiger partial charge in [0.15, 0.2) is 0 Å². The number of aliphatic hydroxyl groups excluding tert-OH is 1. The Morgan fingerprint density at radius 3 is 2.33 bits per heavy atom. The monoisotopic (exact) mass is 548 g/mol. The van der Waals surface area contributed by atoms with E-state index in [1.54, 1.807) is 0 Å². The predicted molar refractivity (Wildman–Crippen MR) is 175 cm³/mol. The van der Waals surface area contributed by atoms with Crippen LogP contribution in [-0.4, -0.2) is 24.9 Å². The van der Waals surface area contributed by atoms with E-state index in [0.717, 1.165) is 37.9 Å². The van der Waals surface area contributed by atoms with Crippen LogP contribution in [0.5, 0.6) is 0 Å². The third kappa shape index (κ3) is 9.88. The molecule has 2 rings (SSSR count). The molecule has 0 amide bonds. The lowest BCUT2D eigenvalue weighted by Gasteiger charge is -2.28. The highest BCUT2D eigenvalue weighted by molar-refractivity contribution is 5.42. The van der Waals surface area contributed by atoms with Gasteiger partial charge in [0.05, 0.1) is 13.2 Å². The largest absolute Gasteiger partial charge is 0.392 e. The number of hydrogen-bond acceptors (Lipinski definition) is 2. The summed E-state index contributed by atoms with van der Waals surface area (Å²) in [5, 5.41) is 9.79. The Morgan fingerprint density at radius 1 is 1.05 bits per heavy atom. The fraction of sp³-hybridized carbons (Fsp3) is 0.632. The van der Waals surface area contributed by atoms with Gasteiger partial charge in [0.25, 0.3) is 0 Å². The number of hydrogen-bond donors (Lipinski definition) is 1. The summed E-state index contributed by atoms with van der Waals surface area (Å²) in [6, 6.07) is 6.89. The fourth-order valence-corrected chi connectivity index (χ4v) is 6.19. The summed E-state index contributed by atoms with van der Waals surface area (Å²) in [4.78, 5) is 0. The minimum Gasteiger partial charge on any atom is -0.392 e. The van der Waals surface area contributed by atoms with Gasteiger partial charge in [0.2, 0.25) is 0 Å². The molecule has 2 heteroatoms. The van der Waals surface area contributed by atoms with E-state index < -0.39 is 0 Å². The Hall–Kier alpha value is -1.90. The van der Waals surface area contributed by atoms with Gasteiger partial charge in [0, 0.05) is 6.61 Å². The van der Waals surface area contributed by atoms with Gasteiger partial charge in [-0.15, -0.1) is 0 Å². The molecule has 5 unspecified atom stereocenters. The molecule has 0 bridgehead atoms. The Bertz CT molecular complexity index is 1080. The van der Waals surface area contributed by atoms with Crippen LogP contribution in [0.15, 0.2) is 63.8 Å². The van der Waals surface area contributed by atoms with Gasteiger partial charge in [0.1, 0.15) is 0 Å². The zero-order valence-corrected chi connectivity index (χ0v) is 27.8. The summed E-state index contributed by atoms with van der Waals surface area (Å²) >= 11 is 0. The van der Waals surface area contributed by atoms with Crippen molar-refractivity contribution in [2.45, 2.75) is 108 Å². The number of aryl methyl sites for hydroxylation is 2. The van der Waals surface area contributed by atoms with Gasteiger partial charge in [-0.1, -0.05) is 88.6 Å². The number of ether oxygens (including phenoxy) is 1. The molecule has 0 saturated carbocycles. The summed E-state index contributed by atoms with van der Waals surface area (Å²) < 4.78 is 6.37. The molecule has 0 saturated heterocycles. The molecule has 0 spiro atoms. The van der Waals surface area contributed by atoms with Crippen LogP contribution in [0.2, 0.25) is 0 Å². The lowest BCUT2D eigenvalue weighted by atomic mass is 9.80. The third-order valence-corrected chi connectivity index (χ3v) is 9.89. The first kappa shape index (κ1) is 34.3. The molecule has 0 heterocycles. The molecule has 1 aromatic carbocycles. The van der Waals surface area contributed by atoms with Crippen molar-refractivity contribution in [3.8, 4) is 0 Å². The molecule has 5 atom stereocenters. The smallest absolute Gasteiger partial charge is 0.0716 e. The van der Waals surface area contributed by atoms with Gasteiger partial charge in [-0.05, 0) is 130 Å². The van der Waals surface area contributed by atoms with Gasteiger partial charge >= 0.3 is 0 Å². The number of aliphatic hydroxyl groups is 1. The van der Waals surface area contributed by atoms with E-state index in [0.29, 0.717) is 36.2 Å². The number of rotatable bonds is 15. The normalized spacial score (nSPS) is 20.1. The molecule has 1 N–H and O–H groups in total. The second-order valence-corrected chi connectivity index (χ2v) is 13.2. The van der Waals surface area contributed by atoms with Gasteiger partial charge in [-0.25, -0.2) is 0 Å². The first-order chi connectivity index (χ1) is 18.9. The van der Waals surface area contributed by atoms with Gasteiger partial charge in [-0.3, -0.25) is 0 Å². The van der Waals surface area contributed by atoms with E-state index in [-0.39, 0.29) is 6.61 Å². The van der Waals surface area contributed by atoms with Crippen molar-refractivity contribution in [2.24, 2.45) is 29.6 Å². The van der Waals surface area contributed by atoms with Crippen molar-refractivity contribution in [3.05, 3.63) is 80.5 Å². The minimum atomic E-state index is 0.146. The van der Waals surface area contributed by atoms with Crippen LogP contribution >= 0.6 is 0 Å². The van der Waals surface area contributed by atoms with Crippen molar-refractivity contribution in [3.63, 3.8) is 0 Å². The van der Waals surface area contributed by atoms with Crippen LogP contribution in [0.1, 0.15) is 105 Å².